The Bertz CT molecular complexity index is 375. The van der Waals surface area contributed by atoms with Gasteiger partial charge in [0.1, 0.15) is 6.10 Å². The van der Waals surface area contributed by atoms with Crippen molar-refractivity contribution in [3.05, 3.63) is 22.4 Å². The van der Waals surface area contributed by atoms with Crippen LogP contribution in [0.2, 0.25) is 0 Å². The molecule has 1 aromatic heterocycles. The van der Waals surface area contributed by atoms with E-state index < -0.39 is 5.79 Å². The molecule has 0 unspecified atom stereocenters. The van der Waals surface area contributed by atoms with E-state index in [4.69, 9.17) is 9.47 Å². The van der Waals surface area contributed by atoms with E-state index in [1.807, 2.05) is 0 Å². The van der Waals surface area contributed by atoms with Crippen molar-refractivity contribution in [1.82, 2.24) is 5.32 Å². The summed E-state index contributed by atoms with van der Waals surface area (Å²) in [4.78, 5) is 0. The third-order valence-corrected chi connectivity index (χ3v) is 4.73. The Kier molecular flexibility index (Phi) is 3.71. The van der Waals surface area contributed by atoms with Crippen LogP contribution in [0, 0.1) is 0 Å². The first kappa shape index (κ1) is 12.6. The summed E-state index contributed by atoms with van der Waals surface area (Å²) in [5.41, 5.74) is 1.17. The van der Waals surface area contributed by atoms with Crippen LogP contribution in [0.5, 0.6) is 0 Å². The molecule has 3 atom stereocenters. The standard InChI is InChI=1S/C14H21NO2S/c1-2-14(11-6-8-18-10-11)16-9-13(17-14)12-5-3-4-7-15-12/h6,8,10,12-13,15H,2-5,7,9H2,1H3/t12-,13+,14-/m0/s1. The molecule has 2 fully saturated rings. The Morgan fingerprint density at radius 1 is 1.50 bits per heavy atom. The van der Waals surface area contributed by atoms with Crippen LogP contribution < -0.4 is 5.32 Å². The topological polar surface area (TPSA) is 30.5 Å². The van der Waals surface area contributed by atoms with Gasteiger partial charge >= 0.3 is 0 Å². The minimum Gasteiger partial charge on any atom is -0.343 e. The summed E-state index contributed by atoms with van der Waals surface area (Å²) in [5.74, 6) is -0.496. The normalized spacial score (nSPS) is 36.9. The average molecular weight is 267 g/mol. The van der Waals surface area contributed by atoms with E-state index in [9.17, 15) is 0 Å². The second-order valence-electron chi connectivity index (χ2n) is 5.14. The second-order valence-corrected chi connectivity index (χ2v) is 5.92. The van der Waals surface area contributed by atoms with Crippen molar-refractivity contribution in [2.24, 2.45) is 0 Å². The van der Waals surface area contributed by atoms with Crippen molar-refractivity contribution in [3.8, 4) is 0 Å². The minimum absolute atomic E-state index is 0.199. The molecule has 100 valence electrons. The Labute approximate surface area is 112 Å². The van der Waals surface area contributed by atoms with Gasteiger partial charge in [0.2, 0.25) is 0 Å². The molecule has 2 aliphatic rings. The molecule has 1 aromatic rings. The van der Waals surface area contributed by atoms with Crippen LogP contribution in [0.25, 0.3) is 0 Å². The van der Waals surface area contributed by atoms with E-state index in [2.05, 4.69) is 29.1 Å². The number of nitrogens with one attached hydrogen (secondary N) is 1. The maximum Gasteiger partial charge on any atom is 0.195 e. The molecular weight excluding hydrogens is 246 g/mol. The fourth-order valence-corrected chi connectivity index (χ4v) is 3.65. The zero-order valence-electron chi connectivity index (χ0n) is 10.9. The molecule has 0 saturated carbocycles. The van der Waals surface area contributed by atoms with Crippen LogP contribution >= 0.6 is 11.3 Å². The first-order valence-electron chi connectivity index (χ1n) is 6.92. The fraction of sp³-hybridized carbons (Fsp3) is 0.714. The zero-order valence-corrected chi connectivity index (χ0v) is 11.7. The number of hydrogen-bond acceptors (Lipinski definition) is 4. The number of piperidine rings is 1. The van der Waals surface area contributed by atoms with Crippen molar-refractivity contribution in [2.45, 2.75) is 50.5 Å². The zero-order chi connectivity index (χ0) is 12.4. The van der Waals surface area contributed by atoms with Crippen LogP contribution in [0.15, 0.2) is 16.8 Å². The second kappa shape index (κ2) is 5.29. The molecular formula is C14H21NO2S. The fourth-order valence-electron chi connectivity index (χ4n) is 2.95. The van der Waals surface area contributed by atoms with E-state index in [1.54, 1.807) is 11.3 Å². The number of rotatable bonds is 3. The highest BCUT2D eigenvalue weighted by atomic mass is 32.1. The molecule has 3 rings (SSSR count). The Balaban J connectivity index is 1.72. The van der Waals surface area contributed by atoms with Gasteiger partial charge in [0.05, 0.1) is 6.61 Å². The van der Waals surface area contributed by atoms with Gasteiger partial charge in [0, 0.05) is 18.0 Å². The Morgan fingerprint density at radius 3 is 3.11 bits per heavy atom. The predicted octanol–water partition coefficient (Wildman–Crippen LogP) is 2.87. The largest absolute Gasteiger partial charge is 0.343 e. The summed E-state index contributed by atoms with van der Waals surface area (Å²) < 4.78 is 12.3. The Morgan fingerprint density at radius 2 is 2.44 bits per heavy atom. The lowest BCUT2D eigenvalue weighted by atomic mass is 10.0. The van der Waals surface area contributed by atoms with Crippen molar-refractivity contribution >= 4 is 11.3 Å². The molecule has 3 nitrogen and oxygen atoms in total. The third-order valence-electron chi connectivity index (χ3n) is 4.05. The van der Waals surface area contributed by atoms with Crippen molar-refractivity contribution in [3.63, 3.8) is 0 Å². The minimum atomic E-state index is -0.496. The van der Waals surface area contributed by atoms with E-state index in [0.717, 1.165) is 13.0 Å². The van der Waals surface area contributed by atoms with Crippen molar-refractivity contribution in [1.29, 1.82) is 0 Å². The van der Waals surface area contributed by atoms with Gasteiger partial charge in [-0.15, -0.1) is 0 Å². The van der Waals surface area contributed by atoms with Gasteiger partial charge in [-0.2, -0.15) is 11.3 Å². The maximum atomic E-state index is 6.30. The van der Waals surface area contributed by atoms with Gasteiger partial charge in [0.15, 0.2) is 5.79 Å². The lowest BCUT2D eigenvalue weighted by Crippen LogP contribution is -2.45. The SMILES string of the molecule is CC[C@]1(c2ccsc2)OC[C@H]([C@@H]2CCCCN2)O1. The highest BCUT2D eigenvalue weighted by Crippen LogP contribution is 2.39. The quantitative estimate of drug-likeness (QED) is 0.913. The molecule has 0 radical (unpaired) electrons. The molecule has 0 aliphatic carbocycles. The van der Waals surface area contributed by atoms with E-state index in [0.29, 0.717) is 12.6 Å². The lowest BCUT2D eigenvalue weighted by Gasteiger charge is -2.30. The van der Waals surface area contributed by atoms with Gasteiger partial charge in [-0.05, 0) is 36.2 Å². The van der Waals surface area contributed by atoms with Crippen LogP contribution in [-0.2, 0) is 15.3 Å². The summed E-state index contributed by atoms with van der Waals surface area (Å²) in [6.07, 6.45) is 4.86. The molecule has 0 bridgehead atoms. The molecule has 2 aliphatic heterocycles. The third kappa shape index (κ3) is 2.23. The number of ether oxygens (including phenoxy) is 2. The van der Waals surface area contributed by atoms with Crippen molar-refractivity contribution in [2.75, 3.05) is 13.2 Å². The summed E-state index contributed by atoms with van der Waals surface area (Å²) in [6.45, 7) is 3.96. The molecule has 2 saturated heterocycles. The van der Waals surface area contributed by atoms with Crippen LogP contribution in [-0.4, -0.2) is 25.3 Å². The summed E-state index contributed by atoms with van der Waals surface area (Å²) in [6, 6.07) is 2.58. The van der Waals surface area contributed by atoms with E-state index >= 15 is 0 Å². The highest BCUT2D eigenvalue weighted by Gasteiger charge is 2.44. The lowest BCUT2D eigenvalue weighted by molar-refractivity contribution is -0.181. The molecule has 0 amide bonds. The van der Waals surface area contributed by atoms with Gasteiger partial charge < -0.3 is 14.8 Å². The molecule has 18 heavy (non-hydrogen) atoms. The first-order valence-corrected chi connectivity index (χ1v) is 7.86. The van der Waals surface area contributed by atoms with E-state index in [-0.39, 0.29) is 6.10 Å². The van der Waals surface area contributed by atoms with Crippen molar-refractivity contribution < 1.29 is 9.47 Å². The van der Waals surface area contributed by atoms with Crippen LogP contribution in [0.3, 0.4) is 0 Å². The molecule has 0 spiro atoms. The van der Waals surface area contributed by atoms with Gasteiger partial charge in [-0.25, -0.2) is 0 Å². The first-order chi connectivity index (χ1) is 8.84. The van der Waals surface area contributed by atoms with Gasteiger partial charge in [-0.3, -0.25) is 0 Å². The summed E-state index contributed by atoms with van der Waals surface area (Å²) >= 11 is 1.70. The van der Waals surface area contributed by atoms with Crippen LogP contribution in [0.1, 0.15) is 38.2 Å². The number of thiophene rings is 1. The predicted molar refractivity (Wildman–Crippen MR) is 72.8 cm³/mol. The molecule has 4 heteroatoms. The van der Waals surface area contributed by atoms with Gasteiger partial charge in [-0.1, -0.05) is 13.3 Å². The smallest absolute Gasteiger partial charge is 0.195 e. The maximum absolute atomic E-state index is 6.30. The molecule has 0 aromatic carbocycles. The molecule has 3 heterocycles. The summed E-state index contributed by atoms with van der Waals surface area (Å²) in [5, 5.41) is 7.79. The van der Waals surface area contributed by atoms with Crippen LogP contribution in [0.4, 0.5) is 0 Å². The summed E-state index contributed by atoms with van der Waals surface area (Å²) in [7, 11) is 0. The monoisotopic (exact) mass is 267 g/mol. The highest BCUT2D eigenvalue weighted by molar-refractivity contribution is 7.08. The molecule has 1 N–H and O–H groups in total. The number of hydrogen-bond donors (Lipinski definition) is 1. The van der Waals surface area contributed by atoms with E-state index in [1.165, 1.54) is 24.8 Å². The Hall–Kier alpha value is -0.420. The average Bonchev–Trinajstić information content (AvgIpc) is 3.10. The van der Waals surface area contributed by atoms with Gasteiger partial charge in [0.25, 0.3) is 0 Å².